The van der Waals surface area contributed by atoms with Crippen LogP contribution >= 0.6 is 22.9 Å². The topological polar surface area (TPSA) is 66.4 Å². The van der Waals surface area contributed by atoms with Crippen molar-refractivity contribution in [3.05, 3.63) is 74.9 Å². The van der Waals surface area contributed by atoms with Crippen LogP contribution in [0.3, 0.4) is 0 Å². The van der Waals surface area contributed by atoms with Gasteiger partial charge in [-0.2, -0.15) is 0 Å². The first-order valence-electron chi connectivity index (χ1n) is 8.06. The van der Waals surface area contributed by atoms with Crippen LogP contribution < -0.4 is 5.32 Å². The van der Waals surface area contributed by atoms with Crippen molar-refractivity contribution in [1.29, 1.82) is 0 Å². The van der Waals surface area contributed by atoms with Crippen molar-refractivity contribution in [1.82, 2.24) is 0 Å². The Hall–Kier alpha value is -2.63. The van der Waals surface area contributed by atoms with Crippen molar-refractivity contribution in [2.75, 3.05) is 5.32 Å². The summed E-state index contributed by atoms with van der Waals surface area (Å²) in [5.41, 5.74) is 2.74. The van der Waals surface area contributed by atoms with Crippen LogP contribution in [0.4, 0.5) is 5.69 Å². The Morgan fingerprint density at radius 1 is 1.12 bits per heavy atom. The van der Waals surface area contributed by atoms with Gasteiger partial charge in [0.25, 0.3) is 0 Å². The zero-order valence-corrected chi connectivity index (χ0v) is 15.1. The van der Waals surface area contributed by atoms with E-state index in [-0.39, 0.29) is 23.1 Å². The Bertz CT molecular complexity index is 1010. The molecule has 0 bridgehead atoms. The number of fused-ring (bicyclic) bond motifs is 1. The summed E-state index contributed by atoms with van der Waals surface area (Å²) in [5.74, 6) is -1.40. The normalized spacial score (nSPS) is 16.0. The number of carboxylic acid groups (broad SMARTS) is 1. The molecule has 130 valence electrons. The summed E-state index contributed by atoms with van der Waals surface area (Å²) in [6.45, 7) is 0. The molecule has 0 fully saturated rings. The minimum atomic E-state index is -1.00. The number of halogens is 1. The number of carboxylic acids is 1. The average molecular weight is 384 g/mol. The van der Waals surface area contributed by atoms with Gasteiger partial charge in [-0.1, -0.05) is 60.1 Å². The molecule has 0 unspecified atom stereocenters. The Kier molecular flexibility index (Phi) is 4.26. The summed E-state index contributed by atoms with van der Waals surface area (Å²) < 4.78 is 0. The minimum absolute atomic E-state index is 0.144. The summed E-state index contributed by atoms with van der Waals surface area (Å²) >= 11 is 7.56. The summed E-state index contributed by atoms with van der Waals surface area (Å²) in [5, 5.41) is 13.2. The molecule has 0 saturated carbocycles. The molecule has 0 radical (unpaired) electrons. The molecule has 1 aromatic heterocycles. The average Bonchev–Trinajstić information content (AvgIpc) is 3.02. The van der Waals surface area contributed by atoms with Gasteiger partial charge in [0.1, 0.15) is 4.88 Å². The fourth-order valence-corrected chi connectivity index (χ4v) is 4.83. The lowest BCUT2D eigenvalue weighted by Crippen LogP contribution is -2.22. The van der Waals surface area contributed by atoms with Gasteiger partial charge in [0.15, 0.2) is 0 Å². The van der Waals surface area contributed by atoms with Gasteiger partial charge in [-0.3, -0.25) is 4.79 Å². The van der Waals surface area contributed by atoms with Crippen molar-refractivity contribution in [2.45, 2.75) is 12.3 Å². The number of nitrogens with one attached hydrogen (secondary N) is 1. The highest BCUT2D eigenvalue weighted by atomic mass is 35.5. The maximum atomic E-state index is 12.4. The molecule has 0 saturated heterocycles. The van der Waals surface area contributed by atoms with Crippen LogP contribution in [0, 0.1) is 0 Å². The van der Waals surface area contributed by atoms with E-state index in [1.54, 1.807) is 6.07 Å². The number of carbonyl (C=O) groups is 2. The lowest BCUT2D eigenvalue weighted by Gasteiger charge is -2.24. The first-order chi connectivity index (χ1) is 12.6. The highest BCUT2D eigenvalue weighted by molar-refractivity contribution is 7.15. The van der Waals surface area contributed by atoms with E-state index in [1.165, 1.54) is 11.3 Å². The van der Waals surface area contributed by atoms with E-state index in [0.717, 1.165) is 16.0 Å². The van der Waals surface area contributed by atoms with Crippen molar-refractivity contribution < 1.29 is 14.7 Å². The van der Waals surface area contributed by atoms with Gasteiger partial charge < -0.3 is 10.4 Å². The van der Waals surface area contributed by atoms with Crippen LogP contribution in [-0.4, -0.2) is 17.0 Å². The SMILES string of the molecule is O=C1C[C@@H](c2ccccc2Cl)c2sc(C(=O)O)c(-c3ccccc3)c2N1. The summed E-state index contributed by atoms with van der Waals surface area (Å²) in [6.07, 6.45) is 0.241. The van der Waals surface area contributed by atoms with Crippen LogP contribution in [0.25, 0.3) is 11.1 Å². The van der Waals surface area contributed by atoms with Crippen molar-refractivity contribution in [3.8, 4) is 11.1 Å². The maximum Gasteiger partial charge on any atom is 0.346 e. The fraction of sp³-hybridized carbons (Fsp3) is 0.100. The molecule has 1 amide bonds. The molecule has 1 atom stereocenters. The summed E-state index contributed by atoms with van der Waals surface area (Å²) in [7, 11) is 0. The molecule has 1 aliphatic heterocycles. The minimum Gasteiger partial charge on any atom is -0.477 e. The Morgan fingerprint density at radius 2 is 1.81 bits per heavy atom. The molecule has 0 aliphatic carbocycles. The van der Waals surface area contributed by atoms with Crippen LogP contribution in [-0.2, 0) is 4.79 Å². The first kappa shape index (κ1) is 16.8. The molecular formula is C20H14ClNO3S. The number of amides is 1. The molecule has 2 aromatic carbocycles. The third kappa shape index (κ3) is 2.79. The molecule has 2 N–H and O–H groups in total. The van der Waals surface area contributed by atoms with E-state index in [4.69, 9.17) is 11.6 Å². The molecule has 4 rings (SSSR count). The number of anilines is 1. The molecular weight excluding hydrogens is 370 g/mol. The van der Waals surface area contributed by atoms with Gasteiger partial charge in [0.05, 0.1) is 5.69 Å². The van der Waals surface area contributed by atoms with E-state index in [1.807, 2.05) is 48.5 Å². The maximum absolute atomic E-state index is 12.4. The summed E-state index contributed by atoms with van der Waals surface area (Å²) in [4.78, 5) is 25.3. The van der Waals surface area contributed by atoms with Crippen molar-refractivity contribution in [2.24, 2.45) is 0 Å². The number of carbonyl (C=O) groups excluding carboxylic acids is 1. The van der Waals surface area contributed by atoms with Gasteiger partial charge >= 0.3 is 5.97 Å². The second-order valence-corrected chi connectivity index (χ2v) is 7.50. The molecule has 2 heterocycles. The first-order valence-corrected chi connectivity index (χ1v) is 9.25. The number of thiophene rings is 1. The molecule has 1 aliphatic rings. The highest BCUT2D eigenvalue weighted by Gasteiger charge is 2.35. The summed E-state index contributed by atoms with van der Waals surface area (Å²) in [6, 6.07) is 16.6. The van der Waals surface area contributed by atoms with Crippen LogP contribution in [0.2, 0.25) is 5.02 Å². The van der Waals surface area contributed by atoms with Crippen molar-refractivity contribution in [3.63, 3.8) is 0 Å². The zero-order valence-electron chi connectivity index (χ0n) is 13.5. The van der Waals surface area contributed by atoms with Crippen LogP contribution in [0.15, 0.2) is 54.6 Å². The molecule has 0 spiro atoms. The number of benzene rings is 2. The second-order valence-electron chi connectivity index (χ2n) is 6.04. The van der Waals surface area contributed by atoms with E-state index in [9.17, 15) is 14.7 Å². The van der Waals surface area contributed by atoms with E-state index in [0.29, 0.717) is 16.3 Å². The fourth-order valence-electron chi connectivity index (χ4n) is 3.33. The predicted molar refractivity (Wildman–Crippen MR) is 103 cm³/mol. The molecule has 26 heavy (non-hydrogen) atoms. The largest absolute Gasteiger partial charge is 0.477 e. The van der Waals surface area contributed by atoms with E-state index >= 15 is 0 Å². The Morgan fingerprint density at radius 3 is 2.50 bits per heavy atom. The van der Waals surface area contributed by atoms with Gasteiger partial charge in [-0.25, -0.2) is 4.79 Å². The second kappa shape index (κ2) is 6.59. The van der Waals surface area contributed by atoms with Gasteiger partial charge in [-0.15, -0.1) is 11.3 Å². The molecule has 3 aromatic rings. The highest BCUT2D eigenvalue weighted by Crippen LogP contribution is 2.50. The number of hydrogen-bond acceptors (Lipinski definition) is 3. The standard InChI is InChI=1S/C20H14ClNO3S/c21-14-9-5-4-8-12(14)13-10-15(23)22-17-16(11-6-2-1-3-7-11)19(20(24)25)26-18(13)17/h1-9,13H,10H2,(H,22,23)(H,24,25)/t13-/m0/s1. The Balaban J connectivity index is 1.97. The van der Waals surface area contributed by atoms with E-state index in [2.05, 4.69) is 5.32 Å². The van der Waals surface area contributed by atoms with Gasteiger partial charge in [-0.05, 0) is 17.2 Å². The molecule has 6 heteroatoms. The van der Waals surface area contributed by atoms with Gasteiger partial charge in [0, 0.05) is 27.8 Å². The zero-order chi connectivity index (χ0) is 18.3. The van der Waals surface area contributed by atoms with E-state index < -0.39 is 5.97 Å². The van der Waals surface area contributed by atoms with Crippen LogP contribution in [0.1, 0.15) is 32.5 Å². The molecule has 4 nitrogen and oxygen atoms in total. The monoisotopic (exact) mass is 383 g/mol. The van der Waals surface area contributed by atoms with Crippen molar-refractivity contribution >= 4 is 40.5 Å². The third-order valence-corrected chi connectivity index (χ3v) is 6.08. The Labute approximate surface area is 159 Å². The van der Waals surface area contributed by atoms with Crippen LogP contribution in [0.5, 0.6) is 0 Å². The smallest absolute Gasteiger partial charge is 0.346 e. The lowest BCUT2D eigenvalue weighted by molar-refractivity contribution is -0.116. The van der Waals surface area contributed by atoms with Gasteiger partial charge in [0.2, 0.25) is 5.91 Å². The third-order valence-electron chi connectivity index (χ3n) is 4.44. The number of aromatic carboxylic acids is 1. The lowest BCUT2D eigenvalue weighted by atomic mass is 9.88. The number of hydrogen-bond donors (Lipinski definition) is 2. The predicted octanol–water partition coefficient (Wildman–Crippen LogP) is 5.24. The quantitative estimate of drug-likeness (QED) is 0.649. The number of rotatable bonds is 3.